The highest BCUT2D eigenvalue weighted by Crippen LogP contribution is 2.32. The Kier molecular flexibility index (Phi) is 8.35. The van der Waals surface area contributed by atoms with Crippen LogP contribution < -0.4 is 0 Å². The molecule has 0 saturated carbocycles. The largest absolute Gasteiger partial charge is 0.457 e. The van der Waals surface area contributed by atoms with Crippen LogP contribution in [0.5, 0.6) is 0 Å². The molecule has 0 amide bonds. The standard InChI is InChI=1S/C29H23I2N2O/c1-33(18-2-17-32)27-14-3-21(4-15-27)5-16-28-19-24(22-6-10-25(30)11-7-22)20-29(34-28)23-8-12-26(31)13-9-23/h3-16,19-20H,2,18H2,1H3/q+1. The zero-order valence-electron chi connectivity index (χ0n) is 18.7. The van der Waals surface area contributed by atoms with Gasteiger partial charge in [-0.25, -0.2) is 4.58 Å². The Hall–Kier alpha value is -2.70. The summed E-state index contributed by atoms with van der Waals surface area (Å²) in [6, 6.07) is 19.1. The number of allylic oxidation sites excluding steroid dienone is 10. The van der Waals surface area contributed by atoms with Crippen molar-refractivity contribution in [2.45, 2.75) is 6.42 Å². The van der Waals surface area contributed by atoms with Crippen LogP contribution in [0.2, 0.25) is 0 Å². The molecule has 0 bridgehead atoms. The minimum atomic E-state index is 0.513. The van der Waals surface area contributed by atoms with E-state index in [4.69, 9.17) is 10.00 Å². The second-order valence-electron chi connectivity index (χ2n) is 7.88. The van der Waals surface area contributed by atoms with Crippen molar-refractivity contribution in [3.63, 3.8) is 0 Å². The lowest BCUT2D eigenvalue weighted by molar-refractivity contribution is -0.494. The fraction of sp³-hybridized carbons (Fsp3) is 0.103. The van der Waals surface area contributed by atoms with Crippen LogP contribution in [0.25, 0.3) is 11.3 Å². The molecule has 0 atom stereocenters. The van der Waals surface area contributed by atoms with Crippen LogP contribution in [0.15, 0.2) is 108 Å². The molecule has 0 N–H and O–H groups in total. The average molecular weight is 669 g/mol. The number of hydrogen-bond acceptors (Lipinski definition) is 2. The third kappa shape index (κ3) is 6.45. The van der Waals surface area contributed by atoms with Gasteiger partial charge >= 0.3 is 0 Å². The summed E-state index contributed by atoms with van der Waals surface area (Å²) in [5.74, 6) is 1.63. The monoisotopic (exact) mass is 669 g/mol. The Morgan fingerprint density at radius 2 is 1.47 bits per heavy atom. The summed E-state index contributed by atoms with van der Waals surface area (Å²) in [6.45, 7) is 0.719. The highest BCUT2D eigenvalue weighted by molar-refractivity contribution is 14.1. The molecule has 34 heavy (non-hydrogen) atoms. The topological polar surface area (TPSA) is 36.0 Å². The molecule has 1 aliphatic carbocycles. The molecule has 0 unspecified atom stereocenters. The summed E-state index contributed by atoms with van der Waals surface area (Å²) >= 11 is 4.64. The Morgan fingerprint density at radius 3 is 2.09 bits per heavy atom. The van der Waals surface area contributed by atoms with E-state index in [0.717, 1.165) is 46.0 Å². The van der Waals surface area contributed by atoms with Gasteiger partial charge in [-0.1, -0.05) is 30.3 Å². The Balaban J connectivity index is 1.62. The van der Waals surface area contributed by atoms with Gasteiger partial charge in [0.15, 0.2) is 12.3 Å². The van der Waals surface area contributed by atoms with Gasteiger partial charge in [0.2, 0.25) is 0 Å². The molecule has 0 radical (unpaired) electrons. The first-order chi connectivity index (χ1) is 16.5. The molecule has 1 aliphatic heterocycles. The van der Waals surface area contributed by atoms with E-state index in [1.54, 1.807) is 0 Å². The molecular weight excluding hydrogens is 646 g/mol. The summed E-state index contributed by atoms with van der Waals surface area (Å²) in [5, 5.41) is 8.80. The first kappa shape index (κ1) is 24.4. The van der Waals surface area contributed by atoms with Gasteiger partial charge < -0.3 is 4.74 Å². The molecule has 2 aliphatic rings. The first-order valence-electron chi connectivity index (χ1n) is 10.9. The number of benzene rings is 2. The third-order valence-electron chi connectivity index (χ3n) is 5.45. The van der Waals surface area contributed by atoms with Crippen molar-refractivity contribution < 1.29 is 9.31 Å². The zero-order valence-corrected chi connectivity index (χ0v) is 23.0. The summed E-state index contributed by atoms with van der Waals surface area (Å²) in [7, 11) is 2.00. The van der Waals surface area contributed by atoms with Gasteiger partial charge in [-0.3, -0.25) is 0 Å². The molecule has 2 aromatic rings. The van der Waals surface area contributed by atoms with Crippen LogP contribution >= 0.6 is 45.2 Å². The van der Waals surface area contributed by atoms with E-state index in [1.807, 2.05) is 13.1 Å². The number of ether oxygens (including phenoxy) is 1. The molecule has 0 fully saturated rings. The Labute approximate surface area is 228 Å². The second kappa shape index (κ2) is 11.6. The van der Waals surface area contributed by atoms with Crippen LogP contribution in [0.4, 0.5) is 0 Å². The van der Waals surface area contributed by atoms with E-state index in [-0.39, 0.29) is 0 Å². The van der Waals surface area contributed by atoms with Crippen LogP contribution in [0.1, 0.15) is 17.5 Å². The number of rotatable bonds is 5. The Morgan fingerprint density at radius 1 is 0.853 bits per heavy atom. The molecule has 3 nitrogen and oxygen atoms in total. The molecule has 0 spiro atoms. The molecule has 4 rings (SSSR count). The van der Waals surface area contributed by atoms with E-state index >= 15 is 0 Å². The quantitative estimate of drug-likeness (QED) is 0.248. The molecule has 168 valence electrons. The van der Waals surface area contributed by atoms with Crippen LogP contribution in [0, 0.1) is 18.5 Å². The smallest absolute Gasteiger partial charge is 0.199 e. The van der Waals surface area contributed by atoms with Crippen molar-refractivity contribution >= 4 is 62.2 Å². The fourth-order valence-electron chi connectivity index (χ4n) is 3.53. The van der Waals surface area contributed by atoms with E-state index < -0.39 is 0 Å². The number of nitrogens with zero attached hydrogens (tertiary/aromatic N) is 2. The lowest BCUT2D eigenvalue weighted by Gasteiger charge is -2.18. The van der Waals surface area contributed by atoms with Crippen molar-refractivity contribution in [2.75, 3.05) is 13.6 Å². The van der Waals surface area contributed by atoms with Gasteiger partial charge in [-0.15, -0.1) is 0 Å². The molecule has 1 heterocycles. The van der Waals surface area contributed by atoms with Crippen molar-refractivity contribution in [3.05, 3.63) is 127 Å². The van der Waals surface area contributed by atoms with Gasteiger partial charge in [0.1, 0.15) is 18.6 Å². The highest BCUT2D eigenvalue weighted by atomic mass is 127. The number of halogens is 2. The maximum Gasteiger partial charge on any atom is 0.199 e. The second-order valence-corrected chi connectivity index (χ2v) is 10.4. The lowest BCUT2D eigenvalue weighted by Crippen LogP contribution is -2.16. The van der Waals surface area contributed by atoms with Crippen LogP contribution in [-0.2, 0) is 4.74 Å². The average Bonchev–Trinajstić information content (AvgIpc) is 2.87. The van der Waals surface area contributed by atoms with E-state index in [9.17, 15) is 0 Å². The van der Waals surface area contributed by atoms with Crippen molar-refractivity contribution in [1.29, 1.82) is 5.26 Å². The van der Waals surface area contributed by atoms with Crippen LogP contribution in [-0.4, -0.2) is 23.9 Å². The number of hydrogen-bond donors (Lipinski definition) is 0. The maximum atomic E-state index is 8.80. The minimum absolute atomic E-state index is 0.513. The predicted octanol–water partition coefficient (Wildman–Crippen LogP) is 7.28. The van der Waals surface area contributed by atoms with E-state index in [1.165, 1.54) is 7.14 Å². The lowest BCUT2D eigenvalue weighted by atomic mass is 10.0. The molecule has 5 heteroatoms. The fourth-order valence-corrected chi connectivity index (χ4v) is 4.25. The summed E-state index contributed by atoms with van der Waals surface area (Å²) < 4.78 is 10.8. The number of nitriles is 1. The SMILES string of the molecule is C[N+](CCC#N)=C1C=CC(=CC=C2C=C(c3ccc(I)cc3)C=C(c3ccc(I)cc3)O2)C=C1. The zero-order chi connectivity index (χ0) is 23.9. The third-order valence-corrected chi connectivity index (χ3v) is 6.89. The van der Waals surface area contributed by atoms with Crippen molar-refractivity contribution in [2.24, 2.45) is 0 Å². The van der Waals surface area contributed by atoms with Gasteiger partial charge in [0, 0.05) is 24.9 Å². The Bertz CT molecular complexity index is 1310. The molecule has 0 saturated heterocycles. The van der Waals surface area contributed by atoms with E-state index in [0.29, 0.717) is 6.42 Å². The normalized spacial score (nSPS) is 16.0. The van der Waals surface area contributed by atoms with Gasteiger partial charge in [0.05, 0.1) is 12.5 Å². The minimum Gasteiger partial charge on any atom is -0.457 e. The first-order valence-corrected chi connectivity index (χ1v) is 13.0. The maximum absolute atomic E-state index is 8.80. The summed E-state index contributed by atoms with van der Waals surface area (Å²) in [4.78, 5) is 0. The summed E-state index contributed by atoms with van der Waals surface area (Å²) in [5.41, 5.74) is 5.50. The van der Waals surface area contributed by atoms with E-state index in [2.05, 4.69) is 147 Å². The van der Waals surface area contributed by atoms with Gasteiger partial charge in [-0.2, -0.15) is 5.26 Å². The predicted molar refractivity (Wildman–Crippen MR) is 156 cm³/mol. The molecular formula is C29H23I2N2O+. The summed E-state index contributed by atoms with van der Waals surface area (Å²) in [6.07, 6.45) is 17.1. The molecule has 2 aromatic carbocycles. The van der Waals surface area contributed by atoms with Gasteiger partial charge in [-0.05, 0) is 117 Å². The highest BCUT2D eigenvalue weighted by Gasteiger charge is 2.14. The van der Waals surface area contributed by atoms with Crippen molar-refractivity contribution in [1.82, 2.24) is 0 Å². The molecule has 0 aromatic heterocycles. The van der Waals surface area contributed by atoms with Crippen molar-refractivity contribution in [3.8, 4) is 6.07 Å². The van der Waals surface area contributed by atoms with Gasteiger partial charge in [0.25, 0.3) is 0 Å². The van der Waals surface area contributed by atoms with Crippen LogP contribution in [0.3, 0.4) is 0 Å².